The maximum Gasteiger partial charge on any atom is 0 e. The SMILES string of the molecule is [CH2-]c1cccc([CH2-])n1.[V].[W]. The Bertz CT molecular complexity index is 173. The van der Waals surface area contributed by atoms with Gasteiger partial charge in [-0.15, -0.1) is 11.4 Å². The fourth-order valence-corrected chi connectivity index (χ4v) is 0.529. The maximum absolute atomic E-state index is 3.95. The predicted octanol–water partition coefficient (Wildman–Crippen LogP) is 1.44. The van der Waals surface area contributed by atoms with Crippen molar-refractivity contribution in [2.75, 3.05) is 0 Å². The van der Waals surface area contributed by atoms with Gasteiger partial charge in [0.25, 0.3) is 0 Å². The predicted molar refractivity (Wildman–Crippen MR) is 33.2 cm³/mol. The van der Waals surface area contributed by atoms with E-state index in [1.165, 1.54) is 0 Å². The Morgan fingerprint density at radius 2 is 1.50 bits per heavy atom. The summed E-state index contributed by atoms with van der Waals surface area (Å²) >= 11 is 0. The fourth-order valence-electron chi connectivity index (χ4n) is 0.529. The summed E-state index contributed by atoms with van der Waals surface area (Å²) in [5.41, 5.74) is 1.55. The molecular weight excluding hydrogens is 333 g/mol. The van der Waals surface area contributed by atoms with Crippen LogP contribution in [-0.2, 0) is 39.6 Å². The normalized spacial score (nSPS) is 7.20. The smallest absolute Gasteiger partial charge is 0 e. The summed E-state index contributed by atoms with van der Waals surface area (Å²) in [6.45, 7) is 7.26. The molecule has 0 bridgehead atoms. The van der Waals surface area contributed by atoms with E-state index in [0.29, 0.717) is 0 Å². The molecule has 53 valence electrons. The largest absolute Gasteiger partial charge is 0.327 e. The van der Waals surface area contributed by atoms with E-state index in [4.69, 9.17) is 0 Å². The van der Waals surface area contributed by atoms with Crippen LogP contribution in [0.1, 0.15) is 11.4 Å². The first-order valence-corrected chi connectivity index (χ1v) is 2.40. The second-order valence-corrected chi connectivity index (χ2v) is 1.62. The molecule has 0 aliphatic rings. The van der Waals surface area contributed by atoms with Gasteiger partial charge in [0.15, 0.2) is 0 Å². The molecule has 0 aromatic carbocycles. The number of rotatable bonds is 0. The summed E-state index contributed by atoms with van der Waals surface area (Å²) in [5.74, 6) is 0. The van der Waals surface area contributed by atoms with Gasteiger partial charge in [-0.1, -0.05) is 0 Å². The molecule has 0 spiro atoms. The Balaban J connectivity index is 0. The van der Waals surface area contributed by atoms with Gasteiger partial charge in [0, 0.05) is 39.6 Å². The third kappa shape index (κ3) is 4.05. The van der Waals surface area contributed by atoms with E-state index in [0.717, 1.165) is 11.4 Å². The van der Waals surface area contributed by atoms with Crippen molar-refractivity contribution in [1.82, 2.24) is 4.98 Å². The van der Waals surface area contributed by atoms with Crippen molar-refractivity contribution in [2.45, 2.75) is 0 Å². The van der Waals surface area contributed by atoms with Crippen molar-refractivity contribution in [3.8, 4) is 0 Å². The molecule has 0 unspecified atom stereocenters. The van der Waals surface area contributed by atoms with E-state index < -0.39 is 0 Å². The summed E-state index contributed by atoms with van der Waals surface area (Å²) in [6, 6.07) is 5.57. The molecule has 0 aliphatic carbocycles. The molecule has 1 radical (unpaired) electrons. The first kappa shape index (κ1) is 12.8. The molecule has 0 saturated heterocycles. The number of hydrogen-bond donors (Lipinski definition) is 0. The average Bonchev–Trinajstić information content (AvgIpc) is 1.64. The second-order valence-electron chi connectivity index (χ2n) is 1.62. The third-order valence-corrected chi connectivity index (χ3v) is 0.864. The third-order valence-electron chi connectivity index (χ3n) is 0.864. The first-order valence-electron chi connectivity index (χ1n) is 2.40. The van der Waals surface area contributed by atoms with Crippen LogP contribution in [0.5, 0.6) is 0 Å². The molecule has 0 fully saturated rings. The van der Waals surface area contributed by atoms with Crippen molar-refractivity contribution in [3.63, 3.8) is 0 Å². The second kappa shape index (κ2) is 5.91. The van der Waals surface area contributed by atoms with E-state index in [1.807, 2.05) is 18.2 Å². The molecule has 10 heavy (non-hydrogen) atoms. The Hall–Kier alpha value is 0.163. The quantitative estimate of drug-likeness (QED) is 0.652. The van der Waals surface area contributed by atoms with Gasteiger partial charge in [-0.05, 0) is 0 Å². The summed E-state index contributed by atoms with van der Waals surface area (Å²) in [6.07, 6.45) is 0. The van der Waals surface area contributed by atoms with Gasteiger partial charge in [-0.25, -0.2) is 32.0 Å². The summed E-state index contributed by atoms with van der Waals surface area (Å²) in [4.78, 5) is 3.95. The number of aromatic nitrogens is 1. The minimum absolute atomic E-state index is 0. The van der Waals surface area contributed by atoms with Crippen molar-refractivity contribution in [3.05, 3.63) is 43.4 Å². The number of nitrogens with zero attached hydrogens (tertiary/aromatic N) is 1. The minimum atomic E-state index is 0. The Labute approximate surface area is 87.8 Å². The van der Waals surface area contributed by atoms with Crippen LogP contribution in [0.2, 0.25) is 0 Å². The van der Waals surface area contributed by atoms with Gasteiger partial charge in [-0.3, -0.25) is 0 Å². The maximum atomic E-state index is 3.95. The van der Waals surface area contributed by atoms with Crippen LogP contribution in [0.4, 0.5) is 0 Å². The topological polar surface area (TPSA) is 12.9 Å². The average molecular weight is 340 g/mol. The van der Waals surface area contributed by atoms with Crippen LogP contribution < -0.4 is 0 Å². The Morgan fingerprint density at radius 1 is 1.10 bits per heavy atom. The zero-order valence-corrected chi connectivity index (χ0v) is 9.78. The summed E-state index contributed by atoms with van der Waals surface area (Å²) in [7, 11) is 0. The van der Waals surface area contributed by atoms with Gasteiger partial charge < -0.3 is 4.98 Å². The van der Waals surface area contributed by atoms with Crippen LogP contribution in [-0.4, -0.2) is 4.98 Å². The van der Waals surface area contributed by atoms with E-state index in [2.05, 4.69) is 18.8 Å². The van der Waals surface area contributed by atoms with Gasteiger partial charge in [0.1, 0.15) is 0 Å². The zero-order chi connectivity index (χ0) is 5.98. The van der Waals surface area contributed by atoms with E-state index >= 15 is 0 Å². The Kier molecular flexibility index (Phi) is 7.57. The summed E-state index contributed by atoms with van der Waals surface area (Å²) < 4.78 is 0. The van der Waals surface area contributed by atoms with Crippen molar-refractivity contribution in [2.24, 2.45) is 0 Å². The van der Waals surface area contributed by atoms with Crippen LogP contribution in [0, 0.1) is 13.8 Å². The van der Waals surface area contributed by atoms with Gasteiger partial charge >= 0.3 is 0 Å². The van der Waals surface area contributed by atoms with E-state index in [1.54, 1.807) is 0 Å². The monoisotopic (exact) mass is 340 g/mol. The van der Waals surface area contributed by atoms with Crippen LogP contribution in [0.25, 0.3) is 0 Å². The zero-order valence-electron chi connectivity index (χ0n) is 5.45. The molecule has 0 atom stereocenters. The fraction of sp³-hybridized carbons (Fsp3) is 0. The van der Waals surface area contributed by atoms with Gasteiger partial charge in [0.05, 0.1) is 0 Å². The van der Waals surface area contributed by atoms with Gasteiger partial charge in [0.2, 0.25) is 0 Å². The molecule has 1 aromatic heterocycles. The Morgan fingerprint density at radius 3 is 1.70 bits per heavy atom. The summed E-state index contributed by atoms with van der Waals surface area (Å²) in [5, 5.41) is 0. The molecule has 0 aliphatic heterocycles. The molecule has 0 amide bonds. The molecule has 1 nitrogen and oxygen atoms in total. The van der Waals surface area contributed by atoms with E-state index in [9.17, 15) is 0 Å². The van der Waals surface area contributed by atoms with Crippen molar-refractivity contribution >= 4 is 0 Å². The number of hydrogen-bond acceptors (Lipinski definition) is 1. The standard InChI is InChI=1S/C7H7N.V.W/c1-6-4-3-5-7(2)8-6;;/h3-5H,1-2H2;;/q-2;;. The molecule has 1 rings (SSSR count). The molecule has 0 N–H and O–H groups in total. The first-order chi connectivity index (χ1) is 3.79. The molecule has 3 heteroatoms. The van der Waals surface area contributed by atoms with E-state index in [-0.39, 0.29) is 39.6 Å². The van der Waals surface area contributed by atoms with Crippen molar-refractivity contribution < 1.29 is 39.6 Å². The minimum Gasteiger partial charge on any atom is -0.327 e. The molecule has 1 aromatic rings. The van der Waals surface area contributed by atoms with Crippen LogP contribution in [0.15, 0.2) is 18.2 Å². The van der Waals surface area contributed by atoms with Crippen LogP contribution >= 0.6 is 0 Å². The molecule has 0 saturated carbocycles. The number of pyridine rings is 1. The molecule has 1 heterocycles. The molecular formula is C7H7NVW-2. The van der Waals surface area contributed by atoms with Gasteiger partial charge in [-0.2, -0.15) is 0 Å². The van der Waals surface area contributed by atoms with Crippen molar-refractivity contribution in [1.29, 1.82) is 0 Å². The van der Waals surface area contributed by atoms with Crippen LogP contribution in [0.3, 0.4) is 0 Å².